The molecule has 0 spiro atoms. The van der Waals surface area contributed by atoms with Gasteiger partial charge in [0.05, 0.1) is 6.61 Å². The summed E-state index contributed by atoms with van der Waals surface area (Å²) < 4.78 is 28.1. The molecule has 0 saturated carbocycles. The first-order chi connectivity index (χ1) is 18.0. The Bertz CT molecular complexity index is 944. The highest BCUT2D eigenvalue weighted by Crippen LogP contribution is 2.28. The fraction of sp³-hybridized carbons (Fsp3) is 0.643. The fourth-order valence-corrected chi connectivity index (χ4v) is 3.92. The van der Waals surface area contributed by atoms with Gasteiger partial charge < -0.3 is 29.4 Å². The van der Waals surface area contributed by atoms with Crippen LogP contribution in [0, 0.1) is 6.92 Å². The molecule has 2 rings (SSSR count). The van der Waals surface area contributed by atoms with Crippen molar-refractivity contribution in [3.63, 3.8) is 0 Å². The predicted molar refractivity (Wildman–Crippen MR) is 138 cm³/mol. The van der Waals surface area contributed by atoms with Gasteiger partial charge in [0.2, 0.25) is 12.4 Å². The summed E-state index contributed by atoms with van der Waals surface area (Å²) in [6.07, 6.45) is -2.98. The lowest BCUT2D eigenvalue weighted by Crippen LogP contribution is -2.60. The second-order valence-electron chi connectivity index (χ2n) is 9.87. The number of ether oxygens (including phenoxy) is 5. The Morgan fingerprint density at radius 2 is 1.34 bits per heavy atom. The molecule has 1 aliphatic heterocycles. The van der Waals surface area contributed by atoms with Crippen LogP contribution < -0.4 is 5.73 Å². The van der Waals surface area contributed by atoms with E-state index in [1.54, 1.807) is 6.92 Å². The van der Waals surface area contributed by atoms with Gasteiger partial charge in [0.15, 0.2) is 12.2 Å². The van der Waals surface area contributed by atoms with Crippen molar-refractivity contribution >= 4 is 23.9 Å². The molecular weight excluding hydrogens is 494 g/mol. The summed E-state index contributed by atoms with van der Waals surface area (Å²) in [4.78, 5) is 50.4. The number of rotatable bonds is 13. The van der Waals surface area contributed by atoms with Crippen LogP contribution in [0.25, 0.3) is 0 Å². The standard InChI is InChI=1S/C28H41NO9/c1-6-9-21(30)35-20-17-34-26(25(37-23(32)11-8-3)24(20)36-22(31)10-7-2)38-27(33)28(5,29)16-19-14-12-18(4)13-15-19/h12-15,20,24-26H,6-11,16-17,29H2,1-5H3/t20?,24-,25+,26-,28?/m0/s1. The maximum absolute atomic E-state index is 13.2. The zero-order valence-electron chi connectivity index (χ0n) is 23.0. The summed E-state index contributed by atoms with van der Waals surface area (Å²) in [5.41, 5.74) is 6.80. The van der Waals surface area contributed by atoms with Crippen LogP contribution in [-0.2, 0) is 49.3 Å². The third-order valence-electron chi connectivity index (χ3n) is 5.94. The van der Waals surface area contributed by atoms with Gasteiger partial charge in [-0.2, -0.15) is 0 Å². The maximum Gasteiger partial charge on any atom is 0.328 e. The number of nitrogens with two attached hydrogens (primary N) is 1. The second-order valence-corrected chi connectivity index (χ2v) is 9.87. The molecule has 212 valence electrons. The lowest BCUT2D eigenvalue weighted by Gasteiger charge is -2.40. The van der Waals surface area contributed by atoms with Gasteiger partial charge in [-0.15, -0.1) is 0 Å². The van der Waals surface area contributed by atoms with Crippen molar-refractivity contribution in [2.45, 2.75) is 110 Å². The molecule has 1 saturated heterocycles. The number of hydrogen-bond donors (Lipinski definition) is 1. The third-order valence-corrected chi connectivity index (χ3v) is 5.94. The first-order valence-electron chi connectivity index (χ1n) is 13.3. The van der Waals surface area contributed by atoms with Crippen LogP contribution >= 0.6 is 0 Å². The first kappa shape index (κ1) is 31.2. The molecule has 38 heavy (non-hydrogen) atoms. The van der Waals surface area contributed by atoms with Crippen LogP contribution in [0.4, 0.5) is 0 Å². The first-order valence-corrected chi connectivity index (χ1v) is 13.3. The number of carbonyl (C=O) groups is 4. The molecule has 0 bridgehead atoms. The van der Waals surface area contributed by atoms with Gasteiger partial charge in [0.25, 0.3) is 0 Å². The van der Waals surface area contributed by atoms with E-state index in [2.05, 4.69) is 0 Å². The van der Waals surface area contributed by atoms with E-state index in [1.165, 1.54) is 6.92 Å². The fourth-order valence-electron chi connectivity index (χ4n) is 3.92. The Morgan fingerprint density at radius 3 is 1.87 bits per heavy atom. The summed E-state index contributed by atoms with van der Waals surface area (Å²) in [6, 6.07) is 7.58. The van der Waals surface area contributed by atoms with Crippen molar-refractivity contribution in [1.29, 1.82) is 0 Å². The number of aryl methyl sites for hydroxylation is 1. The van der Waals surface area contributed by atoms with Crippen molar-refractivity contribution in [3.8, 4) is 0 Å². The van der Waals surface area contributed by atoms with E-state index in [9.17, 15) is 19.2 Å². The minimum absolute atomic E-state index is 0.0785. The summed E-state index contributed by atoms with van der Waals surface area (Å²) in [6.45, 7) is 8.68. The normalized spacial score (nSPS) is 22.6. The zero-order chi connectivity index (χ0) is 28.3. The monoisotopic (exact) mass is 535 g/mol. The average Bonchev–Trinajstić information content (AvgIpc) is 2.84. The molecule has 1 aliphatic rings. The van der Waals surface area contributed by atoms with Crippen LogP contribution in [0.2, 0.25) is 0 Å². The molecule has 1 fully saturated rings. The van der Waals surface area contributed by atoms with Crippen molar-refractivity contribution in [2.24, 2.45) is 5.73 Å². The number of hydrogen-bond acceptors (Lipinski definition) is 10. The average molecular weight is 536 g/mol. The highest BCUT2D eigenvalue weighted by atomic mass is 16.7. The summed E-state index contributed by atoms with van der Waals surface area (Å²) in [5.74, 6) is -2.48. The van der Waals surface area contributed by atoms with E-state index in [4.69, 9.17) is 29.4 Å². The molecular formula is C28H41NO9. The van der Waals surface area contributed by atoms with E-state index in [1.807, 2.05) is 45.0 Å². The lowest BCUT2D eigenvalue weighted by atomic mass is 9.93. The molecule has 1 heterocycles. The minimum Gasteiger partial charge on any atom is -0.456 e. The van der Waals surface area contributed by atoms with Gasteiger partial charge in [-0.25, -0.2) is 4.79 Å². The molecule has 1 aromatic carbocycles. The number of esters is 4. The second kappa shape index (κ2) is 14.8. The molecule has 2 unspecified atom stereocenters. The van der Waals surface area contributed by atoms with E-state index in [0.29, 0.717) is 19.3 Å². The molecule has 2 N–H and O–H groups in total. The number of carbonyl (C=O) groups excluding carboxylic acids is 4. The van der Waals surface area contributed by atoms with Crippen LogP contribution in [0.15, 0.2) is 24.3 Å². The Balaban J connectivity index is 2.30. The molecule has 0 radical (unpaired) electrons. The highest BCUT2D eigenvalue weighted by molar-refractivity contribution is 5.80. The van der Waals surface area contributed by atoms with Crippen molar-refractivity contribution < 1.29 is 42.9 Å². The van der Waals surface area contributed by atoms with Gasteiger partial charge in [-0.3, -0.25) is 14.4 Å². The van der Waals surface area contributed by atoms with Gasteiger partial charge in [-0.05, 0) is 38.7 Å². The van der Waals surface area contributed by atoms with E-state index >= 15 is 0 Å². The van der Waals surface area contributed by atoms with Crippen LogP contribution in [0.3, 0.4) is 0 Å². The molecule has 5 atom stereocenters. The highest BCUT2D eigenvalue weighted by Gasteiger charge is 2.50. The van der Waals surface area contributed by atoms with Crippen molar-refractivity contribution in [2.75, 3.05) is 6.61 Å². The third kappa shape index (κ3) is 9.40. The lowest BCUT2D eigenvalue weighted by molar-refractivity contribution is -0.277. The summed E-state index contributed by atoms with van der Waals surface area (Å²) in [7, 11) is 0. The molecule has 0 amide bonds. The minimum atomic E-state index is -1.44. The van der Waals surface area contributed by atoms with E-state index in [-0.39, 0.29) is 32.3 Å². The summed E-state index contributed by atoms with van der Waals surface area (Å²) in [5, 5.41) is 0. The van der Waals surface area contributed by atoms with Crippen molar-refractivity contribution in [3.05, 3.63) is 35.4 Å². The van der Waals surface area contributed by atoms with Crippen LogP contribution in [-0.4, -0.2) is 60.6 Å². The molecule has 0 aliphatic carbocycles. The van der Waals surface area contributed by atoms with Gasteiger partial charge >= 0.3 is 23.9 Å². The van der Waals surface area contributed by atoms with E-state index < -0.39 is 54.0 Å². The van der Waals surface area contributed by atoms with Crippen LogP contribution in [0.5, 0.6) is 0 Å². The predicted octanol–water partition coefficient (Wildman–Crippen LogP) is 3.29. The largest absolute Gasteiger partial charge is 0.456 e. The zero-order valence-corrected chi connectivity index (χ0v) is 23.0. The molecule has 0 aromatic heterocycles. The van der Waals surface area contributed by atoms with Crippen molar-refractivity contribution in [1.82, 2.24) is 0 Å². The smallest absolute Gasteiger partial charge is 0.328 e. The van der Waals surface area contributed by atoms with Gasteiger partial charge in [0, 0.05) is 25.7 Å². The van der Waals surface area contributed by atoms with E-state index in [0.717, 1.165) is 11.1 Å². The topological polar surface area (TPSA) is 140 Å². The molecule has 1 aromatic rings. The Labute approximate surface area is 224 Å². The molecule has 10 nitrogen and oxygen atoms in total. The Morgan fingerprint density at radius 1 is 0.842 bits per heavy atom. The van der Waals surface area contributed by atoms with Gasteiger partial charge in [0.1, 0.15) is 5.54 Å². The quantitative estimate of drug-likeness (QED) is 0.295. The SMILES string of the molecule is CCCC(=O)OC1CO[C@@H](OC(=O)C(C)(N)Cc2ccc(C)cc2)[C@H](OC(=O)CCC)[C@H]1OC(=O)CCC. The number of benzene rings is 1. The molecule has 10 heteroatoms. The summed E-state index contributed by atoms with van der Waals surface area (Å²) >= 11 is 0. The van der Waals surface area contributed by atoms with Crippen LogP contribution in [0.1, 0.15) is 77.3 Å². The Kier molecular flexibility index (Phi) is 12.2. The Hall–Kier alpha value is -2.98. The van der Waals surface area contributed by atoms with Gasteiger partial charge in [-0.1, -0.05) is 50.6 Å². The maximum atomic E-state index is 13.2.